The monoisotopic (exact) mass is 333 g/mol. The topological polar surface area (TPSA) is 97.4 Å². The number of halogens is 3. The highest BCUT2D eigenvalue weighted by molar-refractivity contribution is 6.00. The molecule has 126 valence electrons. The standard InChI is InChI=1S/C13H14F3N3O4/c1-12(2,19-11(22)13(14,15)16)10(21)18-7-4-5-8(17-6-7)9(20)23-3/h4-6H,1-3H3,(H,18,21)(H,19,22). The second-order valence-electron chi connectivity index (χ2n) is 4.95. The maximum atomic E-state index is 12.2. The summed E-state index contributed by atoms with van der Waals surface area (Å²) in [5, 5.41) is 3.87. The highest BCUT2D eigenvalue weighted by atomic mass is 19.4. The first-order valence-electron chi connectivity index (χ1n) is 6.22. The van der Waals surface area contributed by atoms with Crippen LogP contribution < -0.4 is 10.6 Å². The van der Waals surface area contributed by atoms with Gasteiger partial charge in [-0.25, -0.2) is 9.78 Å². The number of amides is 2. The quantitative estimate of drug-likeness (QED) is 0.809. The van der Waals surface area contributed by atoms with Crippen LogP contribution in [0.25, 0.3) is 0 Å². The van der Waals surface area contributed by atoms with Crippen LogP contribution in [-0.4, -0.2) is 41.6 Å². The minimum atomic E-state index is -5.10. The van der Waals surface area contributed by atoms with Crippen LogP contribution in [0.2, 0.25) is 0 Å². The summed E-state index contributed by atoms with van der Waals surface area (Å²) in [6.07, 6.45) is -3.97. The predicted octanol–water partition coefficient (Wildman–Crippen LogP) is 1.26. The van der Waals surface area contributed by atoms with Gasteiger partial charge in [0.2, 0.25) is 5.91 Å². The molecular weight excluding hydrogens is 319 g/mol. The number of rotatable bonds is 4. The number of aromatic nitrogens is 1. The molecule has 0 aliphatic heterocycles. The number of esters is 1. The molecule has 0 unspecified atom stereocenters. The van der Waals surface area contributed by atoms with Crippen molar-refractivity contribution in [2.45, 2.75) is 25.6 Å². The van der Waals surface area contributed by atoms with Gasteiger partial charge in [-0.15, -0.1) is 0 Å². The average molecular weight is 333 g/mol. The molecule has 1 aromatic rings. The summed E-state index contributed by atoms with van der Waals surface area (Å²) < 4.78 is 41.1. The van der Waals surface area contributed by atoms with Crippen LogP contribution in [0.3, 0.4) is 0 Å². The summed E-state index contributed by atoms with van der Waals surface area (Å²) in [5.41, 5.74) is -1.68. The van der Waals surface area contributed by atoms with Crippen molar-refractivity contribution in [3.63, 3.8) is 0 Å². The van der Waals surface area contributed by atoms with Crippen molar-refractivity contribution in [3.8, 4) is 0 Å². The summed E-state index contributed by atoms with van der Waals surface area (Å²) in [5.74, 6) is -3.79. The normalized spacial score (nSPS) is 11.6. The number of pyridine rings is 1. The number of hydrogen-bond donors (Lipinski definition) is 2. The number of hydrogen-bond acceptors (Lipinski definition) is 5. The Hall–Kier alpha value is -2.65. The minimum absolute atomic E-state index is 0.00451. The highest BCUT2D eigenvalue weighted by Gasteiger charge is 2.43. The number of nitrogens with zero attached hydrogens (tertiary/aromatic N) is 1. The molecule has 0 atom stereocenters. The first kappa shape index (κ1) is 18.4. The smallest absolute Gasteiger partial charge is 0.464 e. The van der Waals surface area contributed by atoms with E-state index in [9.17, 15) is 27.6 Å². The van der Waals surface area contributed by atoms with E-state index in [1.54, 1.807) is 5.32 Å². The van der Waals surface area contributed by atoms with Gasteiger partial charge in [0.15, 0.2) is 0 Å². The molecule has 1 rings (SSSR count). The van der Waals surface area contributed by atoms with E-state index in [2.05, 4.69) is 15.0 Å². The lowest BCUT2D eigenvalue weighted by molar-refractivity contribution is -0.175. The third-order valence-electron chi connectivity index (χ3n) is 2.67. The predicted molar refractivity (Wildman–Crippen MR) is 72.5 cm³/mol. The van der Waals surface area contributed by atoms with Crippen LogP contribution in [0.4, 0.5) is 18.9 Å². The van der Waals surface area contributed by atoms with E-state index >= 15 is 0 Å². The molecule has 1 aromatic heterocycles. The van der Waals surface area contributed by atoms with Crippen molar-refractivity contribution in [3.05, 3.63) is 24.0 Å². The Balaban J connectivity index is 2.78. The maximum Gasteiger partial charge on any atom is 0.471 e. The van der Waals surface area contributed by atoms with Crippen molar-refractivity contribution in [2.24, 2.45) is 0 Å². The van der Waals surface area contributed by atoms with Crippen LogP contribution >= 0.6 is 0 Å². The zero-order valence-electron chi connectivity index (χ0n) is 12.4. The number of ether oxygens (including phenoxy) is 1. The van der Waals surface area contributed by atoms with Crippen LogP contribution in [-0.2, 0) is 14.3 Å². The molecule has 0 aromatic carbocycles. The Morgan fingerprint density at radius 3 is 2.17 bits per heavy atom. The van der Waals surface area contributed by atoms with E-state index in [-0.39, 0.29) is 11.4 Å². The fourth-order valence-corrected chi connectivity index (χ4v) is 1.39. The molecule has 0 spiro atoms. The number of anilines is 1. The van der Waals surface area contributed by atoms with Crippen LogP contribution in [0.5, 0.6) is 0 Å². The second-order valence-corrected chi connectivity index (χ2v) is 4.95. The van der Waals surface area contributed by atoms with Gasteiger partial charge in [-0.3, -0.25) is 9.59 Å². The van der Waals surface area contributed by atoms with Crippen molar-refractivity contribution < 1.29 is 32.3 Å². The third-order valence-corrected chi connectivity index (χ3v) is 2.67. The fourth-order valence-electron chi connectivity index (χ4n) is 1.39. The Kier molecular flexibility index (Phi) is 5.30. The van der Waals surface area contributed by atoms with Gasteiger partial charge < -0.3 is 15.4 Å². The van der Waals surface area contributed by atoms with E-state index in [0.29, 0.717) is 0 Å². The fraction of sp³-hybridized carbons (Fsp3) is 0.385. The van der Waals surface area contributed by atoms with Crippen molar-refractivity contribution in [2.75, 3.05) is 12.4 Å². The molecule has 0 aliphatic carbocycles. The van der Waals surface area contributed by atoms with Gasteiger partial charge in [-0.05, 0) is 26.0 Å². The summed E-state index contributed by atoms with van der Waals surface area (Å²) in [7, 11) is 1.17. The van der Waals surface area contributed by atoms with E-state index < -0.39 is 29.5 Å². The van der Waals surface area contributed by atoms with Gasteiger partial charge in [0.25, 0.3) is 0 Å². The van der Waals surface area contributed by atoms with Gasteiger partial charge in [0.05, 0.1) is 19.0 Å². The molecular formula is C13H14F3N3O4. The molecule has 0 aliphatic rings. The lowest BCUT2D eigenvalue weighted by atomic mass is 10.0. The molecule has 0 fully saturated rings. The number of alkyl halides is 3. The molecule has 7 nitrogen and oxygen atoms in total. The number of carbonyl (C=O) groups is 3. The molecule has 2 N–H and O–H groups in total. The molecule has 2 amide bonds. The summed E-state index contributed by atoms with van der Waals surface area (Å²) in [4.78, 5) is 37.8. The number of methoxy groups -OCH3 is 1. The Morgan fingerprint density at radius 1 is 1.13 bits per heavy atom. The van der Waals surface area contributed by atoms with Gasteiger partial charge in [0, 0.05) is 0 Å². The maximum absolute atomic E-state index is 12.2. The zero-order valence-corrected chi connectivity index (χ0v) is 12.4. The Labute approximate surface area is 129 Å². The summed E-state index contributed by atoms with van der Waals surface area (Å²) >= 11 is 0. The number of carbonyl (C=O) groups excluding carboxylic acids is 3. The van der Waals surface area contributed by atoms with Crippen molar-refractivity contribution in [1.29, 1.82) is 0 Å². The van der Waals surface area contributed by atoms with E-state index in [1.807, 2.05) is 0 Å². The molecule has 0 radical (unpaired) electrons. The van der Waals surface area contributed by atoms with E-state index in [0.717, 1.165) is 20.0 Å². The first-order chi connectivity index (χ1) is 10.5. The second kappa shape index (κ2) is 6.63. The van der Waals surface area contributed by atoms with Crippen LogP contribution in [0.15, 0.2) is 18.3 Å². The summed E-state index contributed by atoms with van der Waals surface area (Å²) in [6.45, 7) is 2.23. The largest absolute Gasteiger partial charge is 0.471 e. The van der Waals surface area contributed by atoms with Gasteiger partial charge in [0.1, 0.15) is 11.2 Å². The molecule has 10 heteroatoms. The SMILES string of the molecule is COC(=O)c1ccc(NC(=O)C(C)(C)NC(=O)C(F)(F)F)cn1. The van der Waals surface area contributed by atoms with E-state index in [1.165, 1.54) is 19.2 Å². The van der Waals surface area contributed by atoms with Crippen LogP contribution in [0.1, 0.15) is 24.3 Å². The molecule has 1 heterocycles. The average Bonchev–Trinajstić information content (AvgIpc) is 2.45. The zero-order chi connectivity index (χ0) is 17.8. The highest BCUT2D eigenvalue weighted by Crippen LogP contribution is 2.17. The lowest BCUT2D eigenvalue weighted by Gasteiger charge is -2.25. The van der Waals surface area contributed by atoms with Gasteiger partial charge in [-0.2, -0.15) is 13.2 Å². The molecule has 23 heavy (non-hydrogen) atoms. The Morgan fingerprint density at radius 2 is 1.74 bits per heavy atom. The summed E-state index contributed by atoms with van der Waals surface area (Å²) in [6, 6.07) is 2.58. The van der Waals surface area contributed by atoms with Gasteiger partial charge in [-0.1, -0.05) is 0 Å². The van der Waals surface area contributed by atoms with Gasteiger partial charge >= 0.3 is 18.1 Å². The molecule has 0 saturated carbocycles. The minimum Gasteiger partial charge on any atom is -0.464 e. The van der Waals surface area contributed by atoms with Crippen LogP contribution in [0, 0.1) is 0 Å². The number of nitrogens with one attached hydrogen (secondary N) is 2. The van der Waals surface area contributed by atoms with Crippen molar-refractivity contribution >= 4 is 23.5 Å². The van der Waals surface area contributed by atoms with E-state index in [4.69, 9.17) is 0 Å². The molecule has 0 saturated heterocycles. The lowest BCUT2D eigenvalue weighted by Crippen LogP contribution is -2.55. The molecule has 0 bridgehead atoms. The first-order valence-corrected chi connectivity index (χ1v) is 6.22. The van der Waals surface area contributed by atoms with Crippen molar-refractivity contribution in [1.82, 2.24) is 10.3 Å². The Bertz CT molecular complexity index is 612. The third kappa shape index (κ3) is 4.94.